The molecule has 0 aromatic carbocycles. The van der Waals surface area contributed by atoms with Crippen molar-refractivity contribution in [2.24, 2.45) is 0 Å². The normalized spacial score (nSPS) is 24.9. The molecule has 0 bridgehead atoms. The van der Waals surface area contributed by atoms with Crippen molar-refractivity contribution in [2.75, 3.05) is 20.1 Å². The zero-order valence-corrected chi connectivity index (χ0v) is 12.4. The Morgan fingerprint density at radius 2 is 2.06 bits per heavy atom. The molecule has 2 rings (SSSR count). The third-order valence-corrected chi connectivity index (χ3v) is 4.48. The Balaban J connectivity index is 0.00000128. The van der Waals surface area contributed by atoms with Crippen molar-refractivity contribution in [3.63, 3.8) is 0 Å². The molecule has 0 unspecified atom stereocenters. The highest BCUT2D eigenvalue weighted by Crippen LogP contribution is 2.27. The lowest BCUT2D eigenvalue weighted by Crippen LogP contribution is -3.10. The van der Waals surface area contributed by atoms with Gasteiger partial charge in [-0.15, -0.1) is 11.8 Å². The molecule has 1 aliphatic heterocycles. The first-order valence-corrected chi connectivity index (χ1v) is 7.02. The number of nitrogens with one attached hydrogen (secondary N) is 1. The first-order chi connectivity index (χ1) is 7.24. The molecule has 0 aliphatic carbocycles. The molecule has 5 heteroatoms. The molecule has 90 valence electrons. The fraction of sp³-hybridized carbons (Fsp3) is 0.545. The molecule has 2 nitrogen and oxygen atoms in total. The number of aromatic nitrogens is 1. The summed E-state index contributed by atoms with van der Waals surface area (Å²) in [5.74, 6) is 0. The van der Waals surface area contributed by atoms with E-state index in [0.29, 0.717) is 0 Å². The molecular weight excluding hydrogens is 308 g/mol. The van der Waals surface area contributed by atoms with Gasteiger partial charge in [0, 0.05) is 18.1 Å². The standard InChI is InChI=1S/C11H15BrN2S.ClH/c1-14-7-5-9(6-8-14)15-11-4-2-3-10(12)13-11;/h2-4,9H,5-8H2,1H3;1H. The van der Waals surface area contributed by atoms with Crippen molar-refractivity contribution >= 4 is 27.7 Å². The van der Waals surface area contributed by atoms with Crippen LogP contribution in [0, 0.1) is 0 Å². The molecule has 1 aliphatic rings. The molecule has 2 heterocycles. The van der Waals surface area contributed by atoms with Gasteiger partial charge in [-0.1, -0.05) is 6.07 Å². The van der Waals surface area contributed by atoms with Crippen LogP contribution in [0.15, 0.2) is 27.8 Å². The number of pyridine rings is 1. The summed E-state index contributed by atoms with van der Waals surface area (Å²) in [4.78, 5) is 6.12. The zero-order chi connectivity index (χ0) is 10.7. The Bertz CT molecular complexity index is 330. The van der Waals surface area contributed by atoms with Crippen LogP contribution in [0.5, 0.6) is 0 Å². The van der Waals surface area contributed by atoms with Gasteiger partial charge in [-0.25, -0.2) is 4.98 Å². The van der Waals surface area contributed by atoms with Gasteiger partial charge in [-0.2, -0.15) is 0 Å². The fourth-order valence-electron chi connectivity index (χ4n) is 1.83. The second kappa shape index (κ2) is 6.84. The number of hydrogen-bond acceptors (Lipinski definition) is 2. The Morgan fingerprint density at radius 1 is 1.38 bits per heavy atom. The van der Waals surface area contributed by atoms with Crippen molar-refractivity contribution in [1.29, 1.82) is 0 Å². The summed E-state index contributed by atoms with van der Waals surface area (Å²) in [6.07, 6.45) is 2.62. The Labute approximate surface area is 116 Å². The minimum absolute atomic E-state index is 0. The molecule has 16 heavy (non-hydrogen) atoms. The molecule has 1 aromatic rings. The number of piperidine rings is 1. The van der Waals surface area contributed by atoms with Gasteiger partial charge in [-0.3, -0.25) is 0 Å². The summed E-state index contributed by atoms with van der Waals surface area (Å²) < 4.78 is 0.936. The quantitative estimate of drug-likeness (QED) is 0.676. The van der Waals surface area contributed by atoms with E-state index in [1.807, 2.05) is 17.8 Å². The Morgan fingerprint density at radius 3 is 2.69 bits per heavy atom. The van der Waals surface area contributed by atoms with Crippen LogP contribution in [0.2, 0.25) is 0 Å². The van der Waals surface area contributed by atoms with Crippen molar-refractivity contribution in [3.05, 3.63) is 22.8 Å². The average Bonchev–Trinajstić information content (AvgIpc) is 2.22. The summed E-state index contributed by atoms with van der Waals surface area (Å²) in [7, 11) is 2.28. The van der Waals surface area contributed by atoms with E-state index < -0.39 is 0 Å². The zero-order valence-electron chi connectivity index (χ0n) is 9.25. The first kappa shape index (κ1) is 14.3. The SMILES string of the molecule is C[NH+]1CCC(Sc2cccc(Br)n2)CC1.[Cl-]. The third-order valence-electron chi connectivity index (χ3n) is 2.76. The number of rotatable bonds is 2. The van der Waals surface area contributed by atoms with E-state index in [1.54, 1.807) is 4.90 Å². The molecule has 1 fully saturated rings. The maximum absolute atomic E-state index is 4.46. The summed E-state index contributed by atoms with van der Waals surface area (Å²) >= 11 is 5.33. The smallest absolute Gasteiger partial charge is 0.107 e. The predicted molar refractivity (Wildman–Crippen MR) is 67.4 cm³/mol. The number of nitrogens with zero attached hydrogens (tertiary/aromatic N) is 1. The van der Waals surface area contributed by atoms with Crippen LogP contribution in [0.4, 0.5) is 0 Å². The van der Waals surface area contributed by atoms with E-state index in [-0.39, 0.29) is 12.4 Å². The van der Waals surface area contributed by atoms with Crippen molar-refractivity contribution in [2.45, 2.75) is 23.1 Å². The molecule has 1 saturated heterocycles. The second-order valence-corrected chi connectivity index (χ2v) is 6.21. The van der Waals surface area contributed by atoms with Gasteiger partial charge in [0.15, 0.2) is 0 Å². The van der Waals surface area contributed by atoms with Crippen molar-refractivity contribution < 1.29 is 17.3 Å². The van der Waals surface area contributed by atoms with Gasteiger partial charge in [0.25, 0.3) is 0 Å². The Hall–Kier alpha value is 0.230. The molecule has 0 saturated carbocycles. The maximum atomic E-state index is 4.46. The van der Waals surface area contributed by atoms with Gasteiger partial charge in [-0.05, 0) is 28.1 Å². The molecule has 0 amide bonds. The molecule has 1 N–H and O–H groups in total. The average molecular weight is 324 g/mol. The highest BCUT2D eigenvalue weighted by molar-refractivity contribution is 9.10. The number of thioether (sulfide) groups is 1. The van der Waals surface area contributed by atoms with Gasteiger partial charge in [0.05, 0.1) is 25.2 Å². The highest BCUT2D eigenvalue weighted by Gasteiger charge is 2.20. The third kappa shape index (κ3) is 4.24. The highest BCUT2D eigenvalue weighted by atomic mass is 79.9. The van der Waals surface area contributed by atoms with Crippen LogP contribution in [-0.4, -0.2) is 30.4 Å². The molecule has 0 atom stereocenters. The van der Waals surface area contributed by atoms with Crippen LogP contribution in [0.3, 0.4) is 0 Å². The number of halogens is 2. The van der Waals surface area contributed by atoms with E-state index in [4.69, 9.17) is 0 Å². The van der Waals surface area contributed by atoms with Gasteiger partial charge in [0.2, 0.25) is 0 Å². The van der Waals surface area contributed by atoms with E-state index in [1.165, 1.54) is 25.9 Å². The summed E-state index contributed by atoms with van der Waals surface area (Å²) in [6.45, 7) is 2.59. The minimum Gasteiger partial charge on any atom is -1.00 e. The summed E-state index contributed by atoms with van der Waals surface area (Å²) in [6, 6.07) is 6.13. The largest absolute Gasteiger partial charge is 1.00 e. The van der Waals surface area contributed by atoms with E-state index in [0.717, 1.165) is 14.9 Å². The molecule has 0 spiro atoms. The van der Waals surface area contributed by atoms with Gasteiger partial charge >= 0.3 is 0 Å². The molecule has 1 aromatic heterocycles. The topological polar surface area (TPSA) is 17.3 Å². The first-order valence-electron chi connectivity index (χ1n) is 5.34. The number of likely N-dealkylation sites (tertiary alicyclic amines) is 1. The van der Waals surface area contributed by atoms with Crippen LogP contribution in [0.25, 0.3) is 0 Å². The lowest BCUT2D eigenvalue weighted by Gasteiger charge is -2.25. The van der Waals surface area contributed by atoms with Crippen LogP contribution < -0.4 is 17.3 Å². The molecular formula is C11H16BrClN2S. The lowest BCUT2D eigenvalue weighted by atomic mass is 10.1. The predicted octanol–water partition coefficient (Wildman–Crippen LogP) is -1.38. The maximum Gasteiger partial charge on any atom is 0.107 e. The van der Waals surface area contributed by atoms with E-state index in [9.17, 15) is 0 Å². The van der Waals surface area contributed by atoms with Gasteiger partial charge < -0.3 is 17.3 Å². The van der Waals surface area contributed by atoms with Crippen LogP contribution in [0.1, 0.15) is 12.8 Å². The lowest BCUT2D eigenvalue weighted by molar-refractivity contribution is -0.884. The van der Waals surface area contributed by atoms with Crippen LogP contribution >= 0.6 is 27.7 Å². The van der Waals surface area contributed by atoms with Crippen molar-refractivity contribution in [3.8, 4) is 0 Å². The minimum atomic E-state index is 0. The van der Waals surface area contributed by atoms with Crippen LogP contribution in [-0.2, 0) is 0 Å². The fourth-order valence-corrected chi connectivity index (χ4v) is 3.41. The van der Waals surface area contributed by atoms with E-state index in [2.05, 4.69) is 40.1 Å². The van der Waals surface area contributed by atoms with Crippen molar-refractivity contribution in [1.82, 2.24) is 4.98 Å². The monoisotopic (exact) mass is 322 g/mol. The summed E-state index contributed by atoms with van der Waals surface area (Å²) in [5.41, 5.74) is 0. The second-order valence-electron chi connectivity index (χ2n) is 4.07. The number of hydrogen-bond donors (Lipinski definition) is 1. The van der Waals surface area contributed by atoms with Gasteiger partial charge in [0.1, 0.15) is 4.60 Å². The number of quaternary nitrogens is 1. The van der Waals surface area contributed by atoms with E-state index >= 15 is 0 Å². The molecule has 0 radical (unpaired) electrons. The Kier molecular flexibility index (Phi) is 6.11. The summed E-state index contributed by atoms with van der Waals surface area (Å²) in [5, 5.41) is 1.91.